The zero-order valence-electron chi connectivity index (χ0n) is 11.4. The second kappa shape index (κ2) is 5.23. The molecule has 1 aliphatic rings. The van der Waals surface area contributed by atoms with Crippen LogP contribution >= 0.6 is 0 Å². The van der Waals surface area contributed by atoms with Crippen LogP contribution in [0.25, 0.3) is 0 Å². The molecule has 2 heterocycles. The van der Waals surface area contributed by atoms with Crippen LogP contribution < -0.4 is 5.32 Å². The van der Waals surface area contributed by atoms with Gasteiger partial charge in [-0.1, -0.05) is 19.4 Å². The van der Waals surface area contributed by atoms with Crippen molar-refractivity contribution in [3.8, 4) is 0 Å². The topological polar surface area (TPSA) is 29.9 Å². The third-order valence-electron chi connectivity index (χ3n) is 3.64. The molecule has 0 bridgehead atoms. The minimum absolute atomic E-state index is 0.112. The number of aromatic nitrogens is 2. The van der Waals surface area contributed by atoms with E-state index in [1.807, 2.05) is 6.07 Å². The van der Waals surface area contributed by atoms with E-state index in [2.05, 4.69) is 17.3 Å². The van der Waals surface area contributed by atoms with E-state index < -0.39 is 11.6 Å². The lowest BCUT2D eigenvalue weighted by atomic mass is 10.0. The molecule has 1 aliphatic heterocycles. The summed E-state index contributed by atoms with van der Waals surface area (Å²) in [6.07, 6.45) is 2.49. The van der Waals surface area contributed by atoms with Gasteiger partial charge in [0, 0.05) is 18.2 Å². The number of rotatable bonds is 3. The van der Waals surface area contributed by atoms with Gasteiger partial charge in [0.2, 0.25) is 0 Å². The fourth-order valence-corrected chi connectivity index (χ4v) is 2.75. The molecule has 2 aromatic rings. The zero-order valence-corrected chi connectivity index (χ0v) is 11.4. The van der Waals surface area contributed by atoms with Gasteiger partial charge in [-0.15, -0.1) is 0 Å². The molecule has 1 aromatic carbocycles. The Labute approximate surface area is 116 Å². The van der Waals surface area contributed by atoms with Crippen molar-refractivity contribution in [1.82, 2.24) is 9.78 Å². The SMILES string of the molecule is CCCc1cc2n(n1)C(c1c(F)cccc1F)CCN2. The lowest BCUT2D eigenvalue weighted by molar-refractivity contribution is 0.431. The summed E-state index contributed by atoms with van der Waals surface area (Å²) in [5.74, 6) is -0.168. The van der Waals surface area contributed by atoms with E-state index in [1.54, 1.807) is 4.68 Å². The molecule has 0 saturated carbocycles. The first-order chi connectivity index (χ1) is 9.70. The molecule has 0 radical (unpaired) electrons. The summed E-state index contributed by atoms with van der Waals surface area (Å²) in [6.45, 7) is 2.77. The maximum atomic E-state index is 14.0. The zero-order chi connectivity index (χ0) is 14.1. The summed E-state index contributed by atoms with van der Waals surface area (Å²) in [5.41, 5.74) is 1.07. The van der Waals surface area contributed by atoms with E-state index in [4.69, 9.17) is 0 Å². The predicted molar refractivity (Wildman–Crippen MR) is 73.8 cm³/mol. The summed E-state index contributed by atoms with van der Waals surface area (Å²) < 4.78 is 29.7. The van der Waals surface area contributed by atoms with Gasteiger partial charge in [0.1, 0.15) is 17.5 Å². The Morgan fingerprint density at radius 2 is 2.10 bits per heavy atom. The molecule has 1 atom stereocenters. The van der Waals surface area contributed by atoms with Gasteiger partial charge in [-0.2, -0.15) is 5.10 Å². The first kappa shape index (κ1) is 13.1. The summed E-state index contributed by atoms with van der Waals surface area (Å²) in [6, 6.07) is 5.58. The number of fused-ring (bicyclic) bond motifs is 1. The molecule has 0 aliphatic carbocycles. The van der Waals surface area contributed by atoms with E-state index in [0.717, 1.165) is 24.4 Å². The molecular weight excluding hydrogens is 260 g/mol. The Morgan fingerprint density at radius 3 is 2.80 bits per heavy atom. The third kappa shape index (κ3) is 2.17. The van der Waals surface area contributed by atoms with Crippen molar-refractivity contribution < 1.29 is 8.78 Å². The summed E-state index contributed by atoms with van der Waals surface area (Å²) in [7, 11) is 0. The van der Waals surface area contributed by atoms with E-state index in [1.165, 1.54) is 18.2 Å². The van der Waals surface area contributed by atoms with E-state index >= 15 is 0 Å². The van der Waals surface area contributed by atoms with Gasteiger partial charge in [-0.3, -0.25) is 0 Å². The van der Waals surface area contributed by atoms with Gasteiger partial charge in [0.05, 0.1) is 11.7 Å². The standard InChI is InChI=1S/C15H17F2N3/c1-2-4-10-9-14-18-8-7-13(20(14)19-10)15-11(16)5-3-6-12(15)17/h3,5-6,9,13,18H,2,4,7-8H2,1H3. The molecule has 0 fully saturated rings. The molecule has 3 rings (SSSR count). The summed E-state index contributed by atoms with van der Waals surface area (Å²) in [4.78, 5) is 0. The molecular formula is C15H17F2N3. The van der Waals surface area contributed by atoms with E-state index in [0.29, 0.717) is 13.0 Å². The fourth-order valence-electron chi connectivity index (χ4n) is 2.75. The molecule has 0 amide bonds. The highest BCUT2D eigenvalue weighted by atomic mass is 19.1. The van der Waals surface area contributed by atoms with Gasteiger partial charge in [0.15, 0.2) is 0 Å². The van der Waals surface area contributed by atoms with Crippen LogP contribution in [0, 0.1) is 11.6 Å². The maximum Gasteiger partial charge on any atom is 0.131 e. The molecule has 1 unspecified atom stereocenters. The Balaban J connectivity index is 2.05. The van der Waals surface area contributed by atoms with Crippen molar-refractivity contribution in [2.75, 3.05) is 11.9 Å². The molecule has 1 aromatic heterocycles. The lowest BCUT2D eigenvalue weighted by Crippen LogP contribution is -2.25. The van der Waals surface area contributed by atoms with Gasteiger partial charge in [-0.05, 0) is 25.0 Å². The monoisotopic (exact) mass is 277 g/mol. The highest BCUT2D eigenvalue weighted by molar-refractivity contribution is 5.42. The van der Waals surface area contributed by atoms with E-state index in [-0.39, 0.29) is 11.6 Å². The average molecular weight is 277 g/mol. The summed E-state index contributed by atoms with van der Waals surface area (Å²) >= 11 is 0. The number of hydrogen-bond acceptors (Lipinski definition) is 2. The maximum absolute atomic E-state index is 14.0. The van der Waals surface area contributed by atoms with Crippen LogP contribution in [0.3, 0.4) is 0 Å². The molecule has 1 N–H and O–H groups in total. The van der Waals surface area contributed by atoms with Crippen LogP contribution in [-0.4, -0.2) is 16.3 Å². The second-order valence-electron chi connectivity index (χ2n) is 5.08. The first-order valence-electron chi connectivity index (χ1n) is 6.97. The Bertz CT molecular complexity index is 601. The average Bonchev–Trinajstić information content (AvgIpc) is 2.82. The molecule has 5 heteroatoms. The number of anilines is 1. The quantitative estimate of drug-likeness (QED) is 0.930. The number of halogens is 2. The van der Waals surface area contributed by atoms with Gasteiger partial charge < -0.3 is 5.32 Å². The van der Waals surface area contributed by atoms with Crippen molar-refractivity contribution in [2.45, 2.75) is 32.2 Å². The number of nitrogens with zero attached hydrogens (tertiary/aromatic N) is 2. The molecule has 3 nitrogen and oxygen atoms in total. The van der Waals surface area contributed by atoms with Crippen LogP contribution in [0.15, 0.2) is 24.3 Å². The lowest BCUT2D eigenvalue weighted by Gasteiger charge is -2.26. The molecule has 0 saturated heterocycles. The fraction of sp³-hybridized carbons (Fsp3) is 0.400. The normalized spacial score (nSPS) is 17.6. The van der Waals surface area contributed by atoms with Crippen LogP contribution in [0.4, 0.5) is 14.6 Å². The minimum atomic E-state index is -0.504. The highest BCUT2D eigenvalue weighted by Gasteiger charge is 2.27. The number of hydrogen-bond donors (Lipinski definition) is 1. The van der Waals surface area contributed by atoms with Crippen molar-refractivity contribution in [3.63, 3.8) is 0 Å². The number of aryl methyl sites for hydroxylation is 1. The van der Waals surface area contributed by atoms with Crippen molar-refractivity contribution >= 4 is 5.82 Å². The number of nitrogens with one attached hydrogen (secondary N) is 1. The largest absolute Gasteiger partial charge is 0.370 e. The summed E-state index contributed by atoms with van der Waals surface area (Å²) in [5, 5.41) is 7.74. The van der Waals surface area contributed by atoms with E-state index in [9.17, 15) is 8.78 Å². The van der Waals surface area contributed by atoms with Crippen LogP contribution in [0.1, 0.15) is 37.1 Å². The second-order valence-corrected chi connectivity index (χ2v) is 5.08. The van der Waals surface area contributed by atoms with Crippen LogP contribution in [0.2, 0.25) is 0 Å². The van der Waals surface area contributed by atoms with Gasteiger partial charge in [0.25, 0.3) is 0 Å². The molecule has 106 valence electrons. The Kier molecular flexibility index (Phi) is 3.42. The smallest absolute Gasteiger partial charge is 0.131 e. The van der Waals surface area contributed by atoms with Crippen molar-refractivity contribution in [3.05, 3.63) is 47.2 Å². The molecule has 20 heavy (non-hydrogen) atoms. The predicted octanol–water partition coefficient (Wildman–Crippen LogP) is 3.52. The Morgan fingerprint density at radius 1 is 1.35 bits per heavy atom. The molecule has 0 spiro atoms. The van der Waals surface area contributed by atoms with Crippen molar-refractivity contribution in [1.29, 1.82) is 0 Å². The van der Waals surface area contributed by atoms with Gasteiger partial charge in [-0.25, -0.2) is 13.5 Å². The van der Waals surface area contributed by atoms with Gasteiger partial charge >= 0.3 is 0 Å². The van der Waals surface area contributed by atoms with Crippen molar-refractivity contribution in [2.24, 2.45) is 0 Å². The minimum Gasteiger partial charge on any atom is -0.370 e. The third-order valence-corrected chi connectivity index (χ3v) is 3.64. The first-order valence-corrected chi connectivity index (χ1v) is 6.97. The van der Waals surface area contributed by atoms with Crippen LogP contribution in [0.5, 0.6) is 0 Å². The number of benzene rings is 1. The van der Waals surface area contributed by atoms with Crippen LogP contribution in [-0.2, 0) is 6.42 Å². The Hall–Kier alpha value is -1.91. The highest BCUT2D eigenvalue weighted by Crippen LogP contribution is 2.32.